The molecule has 0 aromatic carbocycles. The summed E-state index contributed by atoms with van der Waals surface area (Å²) in [6, 6.07) is 0. The molecule has 21 heavy (non-hydrogen) atoms. The van der Waals surface area contributed by atoms with Gasteiger partial charge in [-0.05, 0) is 25.2 Å². The maximum Gasteiger partial charge on any atom is 0.273 e. The van der Waals surface area contributed by atoms with E-state index in [2.05, 4.69) is 15.5 Å². The highest BCUT2D eigenvalue weighted by molar-refractivity contribution is 7.89. The second-order valence-electron chi connectivity index (χ2n) is 5.54. The fraction of sp³-hybridized carbons (Fsp3) is 0.692. The minimum Gasteiger partial charge on any atom is -0.350 e. The Labute approximate surface area is 124 Å². The number of aromatic amines is 1. The number of sulfonamides is 1. The minimum absolute atomic E-state index is 0.126. The standard InChI is InChI=1S/C13H22N4O3S/c1-2-5-10-12(21(14,19)20)11(17-16-10)13(18)15-8-9-6-3-4-7-9/h9H,2-8H2,1H3,(H,15,18)(H,16,17)(H2,14,19,20). The summed E-state index contributed by atoms with van der Waals surface area (Å²) in [7, 11) is -3.98. The molecule has 1 aromatic heterocycles. The molecule has 0 unspecified atom stereocenters. The predicted octanol–water partition coefficient (Wildman–Crippen LogP) is 0.930. The van der Waals surface area contributed by atoms with Gasteiger partial charge in [0.1, 0.15) is 4.90 Å². The summed E-state index contributed by atoms with van der Waals surface area (Å²) in [5.41, 5.74) is 0.268. The fourth-order valence-electron chi connectivity index (χ4n) is 2.78. The molecule has 1 aromatic rings. The van der Waals surface area contributed by atoms with Gasteiger partial charge in [0, 0.05) is 6.54 Å². The zero-order chi connectivity index (χ0) is 15.5. The lowest BCUT2D eigenvalue weighted by Crippen LogP contribution is -2.30. The number of H-pyrrole nitrogens is 1. The zero-order valence-electron chi connectivity index (χ0n) is 12.2. The van der Waals surface area contributed by atoms with Gasteiger partial charge < -0.3 is 5.32 Å². The van der Waals surface area contributed by atoms with Gasteiger partial charge in [-0.2, -0.15) is 5.10 Å². The van der Waals surface area contributed by atoms with Crippen LogP contribution in [0.1, 0.15) is 55.2 Å². The SMILES string of the molecule is CCCc1[nH]nc(C(=O)NCC2CCCC2)c1S(N)(=O)=O. The summed E-state index contributed by atoms with van der Waals surface area (Å²) < 4.78 is 23.4. The number of amides is 1. The number of carbonyl (C=O) groups excluding carboxylic acids is 1. The summed E-state index contributed by atoms with van der Waals surface area (Å²) in [5, 5.41) is 14.5. The molecule has 0 spiro atoms. The van der Waals surface area contributed by atoms with Gasteiger partial charge in [-0.25, -0.2) is 13.6 Å². The molecule has 8 heteroatoms. The molecule has 4 N–H and O–H groups in total. The highest BCUT2D eigenvalue weighted by Crippen LogP contribution is 2.24. The average molecular weight is 314 g/mol. The number of hydrogen-bond acceptors (Lipinski definition) is 4. The van der Waals surface area contributed by atoms with Gasteiger partial charge in [0.25, 0.3) is 5.91 Å². The van der Waals surface area contributed by atoms with Crippen molar-refractivity contribution in [3.8, 4) is 0 Å². The van der Waals surface area contributed by atoms with E-state index < -0.39 is 15.9 Å². The van der Waals surface area contributed by atoms with Crippen LogP contribution in [0.5, 0.6) is 0 Å². The lowest BCUT2D eigenvalue weighted by Gasteiger charge is -2.10. The Bertz CT molecular complexity index is 603. The second kappa shape index (κ2) is 6.57. The summed E-state index contributed by atoms with van der Waals surface area (Å²) >= 11 is 0. The molecule has 1 amide bonds. The van der Waals surface area contributed by atoms with E-state index in [0.29, 0.717) is 24.6 Å². The van der Waals surface area contributed by atoms with Crippen molar-refractivity contribution >= 4 is 15.9 Å². The van der Waals surface area contributed by atoms with Crippen LogP contribution in [0.15, 0.2) is 4.90 Å². The van der Waals surface area contributed by atoms with Crippen molar-refractivity contribution < 1.29 is 13.2 Å². The maximum absolute atomic E-state index is 12.2. The number of primary sulfonamides is 1. The van der Waals surface area contributed by atoms with Crippen LogP contribution < -0.4 is 10.5 Å². The van der Waals surface area contributed by atoms with E-state index in [-0.39, 0.29) is 10.6 Å². The van der Waals surface area contributed by atoms with E-state index in [9.17, 15) is 13.2 Å². The van der Waals surface area contributed by atoms with E-state index in [4.69, 9.17) is 5.14 Å². The van der Waals surface area contributed by atoms with Crippen LogP contribution in [0, 0.1) is 5.92 Å². The van der Waals surface area contributed by atoms with Gasteiger partial charge in [-0.15, -0.1) is 0 Å². The molecule has 2 rings (SSSR count). The minimum atomic E-state index is -3.98. The van der Waals surface area contributed by atoms with Crippen molar-refractivity contribution in [3.63, 3.8) is 0 Å². The smallest absolute Gasteiger partial charge is 0.273 e. The second-order valence-corrected chi connectivity index (χ2v) is 7.03. The molecule has 1 aliphatic carbocycles. The first-order valence-electron chi connectivity index (χ1n) is 7.31. The van der Waals surface area contributed by atoms with Crippen molar-refractivity contribution in [2.24, 2.45) is 11.1 Å². The van der Waals surface area contributed by atoms with Crippen LogP contribution in [-0.2, 0) is 16.4 Å². The summed E-state index contributed by atoms with van der Waals surface area (Å²) in [6.07, 6.45) is 5.79. The number of aromatic nitrogens is 2. The normalized spacial score (nSPS) is 16.3. The number of nitrogens with one attached hydrogen (secondary N) is 2. The topological polar surface area (TPSA) is 118 Å². The third-order valence-electron chi connectivity index (χ3n) is 3.82. The Morgan fingerprint density at radius 1 is 1.43 bits per heavy atom. The molecule has 0 aliphatic heterocycles. The Kier molecular flexibility index (Phi) is 5.00. The van der Waals surface area contributed by atoms with E-state index in [1.165, 1.54) is 12.8 Å². The zero-order valence-corrected chi connectivity index (χ0v) is 13.0. The maximum atomic E-state index is 12.2. The van der Waals surface area contributed by atoms with Crippen molar-refractivity contribution in [2.45, 2.75) is 50.3 Å². The first-order chi connectivity index (χ1) is 9.93. The highest BCUT2D eigenvalue weighted by Gasteiger charge is 2.27. The molecule has 7 nitrogen and oxygen atoms in total. The lowest BCUT2D eigenvalue weighted by atomic mass is 10.1. The van der Waals surface area contributed by atoms with Crippen molar-refractivity contribution in [1.29, 1.82) is 0 Å². The molecule has 0 atom stereocenters. The molecule has 118 valence electrons. The average Bonchev–Trinajstić information content (AvgIpc) is 3.04. The van der Waals surface area contributed by atoms with Crippen LogP contribution in [0.4, 0.5) is 0 Å². The van der Waals surface area contributed by atoms with Crippen LogP contribution in [-0.4, -0.2) is 31.1 Å². The summed E-state index contributed by atoms with van der Waals surface area (Å²) in [5.74, 6) is -0.00883. The van der Waals surface area contributed by atoms with Crippen LogP contribution >= 0.6 is 0 Å². The molecule has 0 radical (unpaired) electrons. The molecular weight excluding hydrogens is 292 g/mol. The molecule has 1 fully saturated rings. The van der Waals surface area contributed by atoms with E-state index in [1.54, 1.807) is 0 Å². The van der Waals surface area contributed by atoms with Crippen molar-refractivity contribution in [3.05, 3.63) is 11.4 Å². The van der Waals surface area contributed by atoms with Crippen LogP contribution in [0.2, 0.25) is 0 Å². The quantitative estimate of drug-likeness (QED) is 0.723. The van der Waals surface area contributed by atoms with Crippen LogP contribution in [0.25, 0.3) is 0 Å². The summed E-state index contributed by atoms with van der Waals surface area (Å²) in [4.78, 5) is 12.0. The highest BCUT2D eigenvalue weighted by atomic mass is 32.2. The fourth-order valence-corrected chi connectivity index (χ4v) is 3.68. The van der Waals surface area contributed by atoms with Crippen LogP contribution in [0.3, 0.4) is 0 Å². The van der Waals surface area contributed by atoms with E-state index in [1.807, 2.05) is 6.92 Å². The Balaban J connectivity index is 2.16. The molecular formula is C13H22N4O3S. The third kappa shape index (κ3) is 3.82. The molecule has 1 aliphatic rings. The molecule has 1 heterocycles. The monoisotopic (exact) mass is 314 g/mol. The first kappa shape index (κ1) is 16.0. The number of nitrogens with zero attached hydrogens (tertiary/aromatic N) is 1. The van der Waals surface area contributed by atoms with Gasteiger partial charge in [0.2, 0.25) is 10.0 Å². The van der Waals surface area contributed by atoms with Gasteiger partial charge in [-0.3, -0.25) is 9.89 Å². The number of carbonyl (C=O) groups is 1. The van der Waals surface area contributed by atoms with E-state index >= 15 is 0 Å². The molecule has 0 bridgehead atoms. The Hall–Kier alpha value is -1.41. The van der Waals surface area contributed by atoms with Gasteiger partial charge in [-0.1, -0.05) is 26.2 Å². The predicted molar refractivity (Wildman–Crippen MR) is 78.2 cm³/mol. The Morgan fingerprint density at radius 2 is 2.10 bits per heavy atom. The molecule has 1 saturated carbocycles. The van der Waals surface area contributed by atoms with E-state index in [0.717, 1.165) is 19.3 Å². The number of nitrogens with two attached hydrogens (primary N) is 1. The van der Waals surface area contributed by atoms with Crippen molar-refractivity contribution in [2.75, 3.05) is 6.54 Å². The van der Waals surface area contributed by atoms with Gasteiger partial charge in [0.15, 0.2) is 5.69 Å². The van der Waals surface area contributed by atoms with Crippen molar-refractivity contribution in [1.82, 2.24) is 15.5 Å². The number of aryl methyl sites for hydroxylation is 1. The van der Waals surface area contributed by atoms with Gasteiger partial charge in [0.05, 0.1) is 5.69 Å². The van der Waals surface area contributed by atoms with Gasteiger partial charge >= 0.3 is 0 Å². The first-order valence-corrected chi connectivity index (χ1v) is 8.86. The molecule has 0 saturated heterocycles. The Morgan fingerprint density at radius 3 is 2.67 bits per heavy atom. The summed E-state index contributed by atoms with van der Waals surface area (Å²) in [6.45, 7) is 2.46. The lowest BCUT2D eigenvalue weighted by molar-refractivity contribution is 0.0939. The number of hydrogen-bond donors (Lipinski definition) is 3. The number of rotatable bonds is 6. The third-order valence-corrected chi connectivity index (χ3v) is 4.83. The largest absolute Gasteiger partial charge is 0.350 e.